The quantitative estimate of drug-likeness (QED) is 0.145. The number of carbonyl (C=O) groups is 6. The minimum atomic E-state index is -1.09. The normalized spacial score (nSPS) is 20.1. The van der Waals surface area contributed by atoms with Crippen molar-refractivity contribution in [2.75, 3.05) is 31.6 Å². The molecule has 0 bridgehead atoms. The minimum absolute atomic E-state index is 0.00625. The Morgan fingerprint density at radius 3 is 2.45 bits per heavy atom. The summed E-state index contributed by atoms with van der Waals surface area (Å²) < 4.78 is 14.0. The fourth-order valence-corrected chi connectivity index (χ4v) is 8.40. The molecule has 3 aliphatic heterocycles. The smallest absolute Gasteiger partial charge is 0.270 e. The number of likely N-dealkylation sites (tertiary alicyclic amines) is 1. The molecule has 6 amide bonds. The fourth-order valence-electron chi connectivity index (χ4n) is 8.40. The average Bonchev–Trinajstić information content (AvgIpc) is 3.81. The van der Waals surface area contributed by atoms with Crippen LogP contribution in [0.3, 0.4) is 0 Å². The molecule has 18 heteroatoms. The molecule has 0 radical (unpaired) electrons. The zero-order valence-corrected chi connectivity index (χ0v) is 33.9. The number of aryl methyl sites for hydroxylation is 1. The van der Waals surface area contributed by atoms with Crippen LogP contribution in [0, 0.1) is 12.8 Å². The molecule has 2 aromatic carbocycles. The number of imide groups is 2. The molecule has 1 atom stereocenters. The Labute approximate surface area is 355 Å². The number of fused-ring (bicyclic) bond motifs is 2. The number of piperidine rings is 2. The van der Waals surface area contributed by atoms with Crippen LogP contribution in [0.1, 0.15) is 87.0 Å². The molecule has 6 heterocycles. The average molecular weight is 841 g/mol. The molecule has 3 aromatic heterocycles. The van der Waals surface area contributed by atoms with Crippen molar-refractivity contribution in [3.8, 4) is 11.5 Å². The zero-order valence-electron chi connectivity index (χ0n) is 33.9. The third-order valence-electron chi connectivity index (χ3n) is 11.9. The first-order valence-corrected chi connectivity index (χ1v) is 20.7. The monoisotopic (exact) mass is 840 g/mol. The number of nitrogens with zero attached hydrogens (tertiary/aromatic N) is 7. The molecule has 3 N–H and O–H groups in total. The van der Waals surface area contributed by atoms with E-state index in [9.17, 15) is 28.8 Å². The van der Waals surface area contributed by atoms with Gasteiger partial charge >= 0.3 is 0 Å². The molecule has 4 aliphatic rings. The van der Waals surface area contributed by atoms with Crippen molar-refractivity contribution in [1.82, 2.24) is 44.9 Å². The zero-order chi connectivity index (χ0) is 42.9. The predicted octanol–water partition coefficient (Wildman–Crippen LogP) is 3.37. The third kappa shape index (κ3) is 8.14. The molecule has 2 saturated heterocycles. The lowest BCUT2D eigenvalue weighted by Gasteiger charge is -2.36. The predicted molar refractivity (Wildman–Crippen MR) is 221 cm³/mol. The molecule has 9 rings (SSSR count). The van der Waals surface area contributed by atoms with Crippen molar-refractivity contribution in [2.24, 2.45) is 5.92 Å². The van der Waals surface area contributed by atoms with Gasteiger partial charge in [0, 0.05) is 43.8 Å². The highest BCUT2D eigenvalue weighted by atomic mass is 16.5. The molecule has 1 unspecified atom stereocenters. The number of anilines is 1. The maximum atomic E-state index is 13.4. The van der Waals surface area contributed by atoms with Crippen LogP contribution in [-0.2, 0) is 20.9 Å². The van der Waals surface area contributed by atoms with E-state index in [1.165, 1.54) is 18.5 Å². The van der Waals surface area contributed by atoms with Crippen molar-refractivity contribution in [1.29, 1.82) is 0 Å². The highest BCUT2D eigenvalue weighted by Crippen LogP contribution is 2.36. The van der Waals surface area contributed by atoms with Crippen molar-refractivity contribution < 1.29 is 38.2 Å². The van der Waals surface area contributed by atoms with Gasteiger partial charge in [-0.1, -0.05) is 24.3 Å². The van der Waals surface area contributed by atoms with Gasteiger partial charge in [0.25, 0.3) is 23.6 Å². The standard InChI is InChI=1S/C44H44N10O8/c1-25-4-2-6-32(49-25)41(57)50-28-18-29(19-28)53-24-48-38-39(46-23-47-40(38)53)45-20-26-8-10-30(11-9-26)61-21-27-14-16-52(17-15-27)36(56)22-62-34-7-3-5-31-37(34)44(60)54(43(31)59)33-12-13-35(55)51-42(33)58/h2-11,23-24,27-29,33H,12-22H2,1H3,(H,50,57)(H,45,46,47)(H,51,55,58). The Morgan fingerprint density at radius 1 is 0.887 bits per heavy atom. The summed E-state index contributed by atoms with van der Waals surface area (Å²) in [7, 11) is 0. The van der Waals surface area contributed by atoms with Gasteiger partial charge in [-0.3, -0.25) is 39.0 Å². The molecule has 3 fully saturated rings. The van der Waals surface area contributed by atoms with Crippen LogP contribution < -0.4 is 25.4 Å². The molecule has 318 valence electrons. The number of carbonyl (C=O) groups excluding carboxylic acids is 6. The van der Waals surface area contributed by atoms with Crippen molar-refractivity contribution in [3.63, 3.8) is 0 Å². The molecule has 1 saturated carbocycles. The van der Waals surface area contributed by atoms with Gasteiger partial charge in [-0.25, -0.2) is 19.9 Å². The second kappa shape index (κ2) is 17.0. The van der Waals surface area contributed by atoms with E-state index in [-0.39, 0.29) is 66.1 Å². The van der Waals surface area contributed by atoms with Gasteiger partial charge in [0.15, 0.2) is 18.1 Å². The van der Waals surface area contributed by atoms with Crippen LogP contribution in [0.15, 0.2) is 73.3 Å². The number of nitrogens with one attached hydrogen (secondary N) is 3. The van der Waals surface area contributed by atoms with Crippen molar-refractivity contribution in [3.05, 3.63) is 101 Å². The first-order chi connectivity index (χ1) is 30.1. The van der Waals surface area contributed by atoms with Gasteiger partial charge in [-0.15, -0.1) is 0 Å². The minimum Gasteiger partial charge on any atom is -0.493 e. The summed E-state index contributed by atoms with van der Waals surface area (Å²) in [4.78, 5) is 96.8. The van der Waals surface area contributed by atoms with Crippen LogP contribution >= 0.6 is 0 Å². The Balaban J connectivity index is 0.706. The lowest BCUT2D eigenvalue weighted by atomic mass is 9.86. The van der Waals surface area contributed by atoms with E-state index in [2.05, 4.69) is 35.9 Å². The molecule has 62 heavy (non-hydrogen) atoms. The molecule has 18 nitrogen and oxygen atoms in total. The Hall–Kier alpha value is -7.24. The van der Waals surface area contributed by atoms with E-state index in [4.69, 9.17) is 9.47 Å². The van der Waals surface area contributed by atoms with E-state index >= 15 is 0 Å². The molecular formula is C44H44N10O8. The number of hydrogen-bond donors (Lipinski definition) is 3. The number of aromatic nitrogens is 5. The number of hydrogen-bond acceptors (Lipinski definition) is 13. The van der Waals surface area contributed by atoms with Crippen LogP contribution in [0.25, 0.3) is 11.2 Å². The number of imidazole rings is 1. The number of amides is 6. The van der Waals surface area contributed by atoms with Crippen molar-refractivity contribution in [2.45, 2.75) is 70.1 Å². The van der Waals surface area contributed by atoms with Crippen LogP contribution in [0.4, 0.5) is 5.82 Å². The largest absolute Gasteiger partial charge is 0.493 e. The summed E-state index contributed by atoms with van der Waals surface area (Å²) in [5.41, 5.74) is 3.76. The summed E-state index contributed by atoms with van der Waals surface area (Å²) >= 11 is 0. The highest BCUT2D eigenvalue weighted by molar-refractivity contribution is 6.24. The maximum absolute atomic E-state index is 13.4. The number of rotatable bonds is 13. The van der Waals surface area contributed by atoms with Crippen LogP contribution in [0.5, 0.6) is 11.5 Å². The van der Waals surface area contributed by atoms with E-state index in [0.717, 1.165) is 53.2 Å². The molecule has 1 aliphatic carbocycles. The number of benzene rings is 2. The van der Waals surface area contributed by atoms with Gasteiger partial charge in [-0.2, -0.15) is 0 Å². The van der Waals surface area contributed by atoms with Gasteiger partial charge in [0.05, 0.1) is 24.1 Å². The maximum Gasteiger partial charge on any atom is 0.270 e. The highest BCUT2D eigenvalue weighted by Gasteiger charge is 2.46. The Bertz CT molecular complexity index is 2580. The van der Waals surface area contributed by atoms with Gasteiger partial charge < -0.3 is 29.6 Å². The summed E-state index contributed by atoms with van der Waals surface area (Å²) in [5.74, 6) is -1.17. The lowest BCUT2D eigenvalue weighted by molar-refractivity contribution is -0.136. The van der Waals surface area contributed by atoms with E-state index < -0.39 is 29.7 Å². The molecule has 0 spiro atoms. The topological polar surface area (TPSA) is 220 Å². The third-order valence-corrected chi connectivity index (χ3v) is 11.9. The second-order valence-electron chi connectivity index (χ2n) is 16.1. The Kier molecular flexibility index (Phi) is 11.0. The van der Waals surface area contributed by atoms with Gasteiger partial charge in [0.1, 0.15) is 35.1 Å². The Morgan fingerprint density at radius 2 is 1.68 bits per heavy atom. The SMILES string of the molecule is Cc1cccc(C(=O)NC2CC(n3cnc4c(NCc5ccc(OCC6CCN(C(=O)COc7cccc8c7C(=O)N(C7CCC(=O)NC7=O)C8=O)CC6)cc5)ncnc43)C2)n1. The van der Waals surface area contributed by atoms with Gasteiger partial charge in [-0.05, 0) is 86.9 Å². The first-order valence-electron chi connectivity index (χ1n) is 20.7. The number of pyridine rings is 1. The molecular weight excluding hydrogens is 797 g/mol. The van der Waals surface area contributed by atoms with E-state index in [1.54, 1.807) is 23.4 Å². The first kappa shape index (κ1) is 40.2. The second-order valence-corrected chi connectivity index (χ2v) is 16.1. The van der Waals surface area contributed by atoms with Crippen LogP contribution in [-0.4, -0.2) is 108 Å². The number of ether oxygens (including phenoxy) is 2. The fraction of sp³-hybridized carbons (Fsp3) is 0.364. The summed E-state index contributed by atoms with van der Waals surface area (Å²) in [6.07, 6.45) is 6.40. The van der Waals surface area contributed by atoms with Crippen LogP contribution in [0.2, 0.25) is 0 Å². The summed E-state index contributed by atoms with van der Waals surface area (Å²) in [6, 6.07) is 16.9. The summed E-state index contributed by atoms with van der Waals surface area (Å²) in [6.45, 7) is 3.61. The molecule has 5 aromatic rings. The summed E-state index contributed by atoms with van der Waals surface area (Å²) in [5, 5.41) is 8.65. The van der Waals surface area contributed by atoms with Crippen molar-refractivity contribution >= 4 is 52.4 Å². The van der Waals surface area contributed by atoms with E-state index in [1.807, 2.05) is 47.9 Å². The lowest BCUT2D eigenvalue weighted by Crippen LogP contribution is -2.54. The van der Waals surface area contributed by atoms with Gasteiger partial charge in [0.2, 0.25) is 11.8 Å². The van der Waals surface area contributed by atoms with E-state index in [0.29, 0.717) is 43.3 Å².